The molecule has 3 aromatic carbocycles. The number of carbonyl (C=O) groups is 2. The number of hydrogen-bond acceptors (Lipinski definition) is 6. The number of hydrogen-bond donors (Lipinski definition) is 1. The van der Waals surface area contributed by atoms with Gasteiger partial charge in [0.1, 0.15) is 5.92 Å². The number of anilines is 2. The van der Waals surface area contributed by atoms with Crippen molar-refractivity contribution in [3.05, 3.63) is 83.9 Å². The van der Waals surface area contributed by atoms with Crippen LogP contribution >= 0.6 is 0 Å². The van der Waals surface area contributed by atoms with E-state index in [-0.39, 0.29) is 17.4 Å². The molecule has 7 heteroatoms. The Morgan fingerprint density at radius 2 is 1.62 bits per heavy atom. The maximum absolute atomic E-state index is 13.6. The van der Waals surface area contributed by atoms with Crippen LogP contribution in [0.3, 0.4) is 0 Å². The average Bonchev–Trinajstić information content (AvgIpc) is 3.32. The van der Waals surface area contributed by atoms with Crippen LogP contribution in [0.4, 0.5) is 11.4 Å². The SMILES string of the molecule is COc1cc([C@H]2[C@@H]3C(=O)N(c4ccc(C)cc4)C(=O)[C@H]3ON2c2ccccc2)ccc1O. The number of hydroxylamine groups is 1. The highest BCUT2D eigenvalue weighted by Crippen LogP contribution is 2.48. The molecule has 0 saturated carbocycles. The molecule has 0 spiro atoms. The van der Waals surface area contributed by atoms with E-state index in [1.165, 1.54) is 18.1 Å². The van der Waals surface area contributed by atoms with Crippen molar-refractivity contribution in [2.45, 2.75) is 19.1 Å². The zero-order chi connectivity index (χ0) is 22.4. The summed E-state index contributed by atoms with van der Waals surface area (Å²) in [5.41, 5.74) is 2.98. The van der Waals surface area contributed by atoms with E-state index in [9.17, 15) is 14.7 Å². The Morgan fingerprint density at radius 3 is 2.31 bits per heavy atom. The molecule has 3 atom stereocenters. The smallest absolute Gasteiger partial charge is 0.266 e. The highest BCUT2D eigenvalue weighted by molar-refractivity contribution is 6.23. The van der Waals surface area contributed by atoms with E-state index in [4.69, 9.17) is 9.57 Å². The number of fused-ring (bicyclic) bond motifs is 1. The van der Waals surface area contributed by atoms with Gasteiger partial charge in [0.05, 0.1) is 24.5 Å². The van der Waals surface area contributed by atoms with Crippen LogP contribution in [0, 0.1) is 12.8 Å². The number of rotatable bonds is 4. The van der Waals surface area contributed by atoms with Crippen LogP contribution < -0.4 is 14.7 Å². The Morgan fingerprint density at radius 1 is 0.906 bits per heavy atom. The van der Waals surface area contributed by atoms with Gasteiger partial charge < -0.3 is 9.84 Å². The second-order valence-corrected chi connectivity index (χ2v) is 7.94. The maximum atomic E-state index is 13.6. The van der Waals surface area contributed by atoms with Crippen molar-refractivity contribution in [2.75, 3.05) is 17.1 Å². The van der Waals surface area contributed by atoms with Crippen LogP contribution in [0.2, 0.25) is 0 Å². The van der Waals surface area contributed by atoms with E-state index in [1.54, 1.807) is 29.3 Å². The summed E-state index contributed by atoms with van der Waals surface area (Å²) in [4.78, 5) is 34.2. The topological polar surface area (TPSA) is 79.3 Å². The summed E-state index contributed by atoms with van der Waals surface area (Å²) in [6.07, 6.45) is -0.950. The van der Waals surface area contributed by atoms with Crippen molar-refractivity contribution in [1.82, 2.24) is 0 Å². The van der Waals surface area contributed by atoms with Gasteiger partial charge in [0, 0.05) is 0 Å². The molecule has 2 heterocycles. The van der Waals surface area contributed by atoms with Gasteiger partial charge in [-0.1, -0.05) is 42.0 Å². The molecule has 7 nitrogen and oxygen atoms in total. The zero-order valence-corrected chi connectivity index (χ0v) is 17.6. The molecule has 3 aromatic rings. The molecule has 2 aliphatic heterocycles. The first kappa shape index (κ1) is 20.1. The lowest BCUT2D eigenvalue weighted by molar-refractivity contribution is -0.126. The molecular weight excluding hydrogens is 408 g/mol. The number of imide groups is 1. The second-order valence-electron chi connectivity index (χ2n) is 7.94. The number of ether oxygens (including phenoxy) is 1. The number of nitrogens with zero attached hydrogens (tertiary/aromatic N) is 2. The van der Waals surface area contributed by atoms with Gasteiger partial charge in [-0.2, -0.15) is 0 Å². The molecule has 0 bridgehead atoms. The Hall–Kier alpha value is -3.84. The normalized spacial score (nSPS) is 22.4. The monoisotopic (exact) mass is 430 g/mol. The number of phenolic OH excluding ortho intramolecular Hbond substituents is 1. The summed E-state index contributed by atoms with van der Waals surface area (Å²) < 4.78 is 5.28. The lowest BCUT2D eigenvalue weighted by Gasteiger charge is -2.29. The van der Waals surface area contributed by atoms with Crippen LogP contribution in [-0.4, -0.2) is 30.1 Å². The molecule has 2 saturated heterocycles. The van der Waals surface area contributed by atoms with Crippen molar-refractivity contribution in [3.63, 3.8) is 0 Å². The first-order valence-corrected chi connectivity index (χ1v) is 10.3. The van der Waals surface area contributed by atoms with E-state index in [2.05, 4.69) is 0 Å². The van der Waals surface area contributed by atoms with Crippen LogP contribution in [0.15, 0.2) is 72.8 Å². The van der Waals surface area contributed by atoms with Gasteiger partial charge in [-0.15, -0.1) is 0 Å². The van der Waals surface area contributed by atoms with Crippen LogP contribution in [0.5, 0.6) is 11.5 Å². The molecule has 162 valence electrons. The van der Waals surface area contributed by atoms with Crippen molar-refractivity contribution in [1.29, 1.82) is 0 Å². The van der Waals surface area contributed by atoms with E-state index < -0.39 is 24.0 Å². The Balaban J connectivity index is 1.60. The molecule has 1 N–H and O–H groups in total. The van der Waals surface area contributed by atoms with Gasteiger partial charge in [-0.05, 0) is 48.9 Å². The van der Waals surface area contributed by atoms with Crippen LogP contribution in [-0.2, 0) is 14.4 Å². The largest absolute Gasteiger partial charge is 0.504 e. The lowest BCUT2D eigenvalue weighted by Crippen LogP contribution is -2.37. The highest BCUT2D eigenvalue weighted by Gasteiger charge is 2.60. The number of amides is 2. The molecule has 0 aromatic heterocycles. The summed E-state index contributed by atoms with van der Waals surface area (Å²) in [5, 5.41) is 11.7. The van der Waals surface area contributed by atoms with Crippen molar-refractivity contribution in [3.8, 4) is 11.5 Å². The van der Waals surface area contributed by atoms with Gasteiger partial charge >= 0.3 is 0 Å². The van der Waals surface area contributed by atoms with Crippen LogP contribution in [0.1, 0.15) is 17.2 Å². The minimum atomic E-state index is -0.950. The summed E-state index contributed by atoms with van der Waals surface area (Å²) in [6, 6.07) is 20.9. The van der Waals surface area contributed by atoms with E-state index in [1.807, 2.05) is 49.4 Å². The quantitative estimate of drug-likeness (QED) is 0.635. The minimum Gasteiger partial charge on any atom is -0.504 e. The van der Waals surface area contributed by atoms with Crippen molar-refractivity contribution < 1.29 is 24.3 Å². The predicted molar refractivity (Wildman–Crippen MR) is 118 cm³/mol. The van der Waals surface area contributed by atoms with E-state index in [0.717, 1.165) is 11.3 Å². The second kappa shape index (κ2) is 7.69. The Bertz CT molecular complexity index is 1180. The number of benzene rings is 3. The number of carbonyl (C=O) groups excluding carboxylic acids is 2. The molecule has 5 rings (SSSR count). The summed E-state index contributed by atoms with van der Waals surface area (Å²) in [7, 11) is 1.46. The summed E-state index contributed by atoms with van der Waals surface area (Å²) in [5.74, 6) is -1.19. The summed E-state index contributed by atoms with van der Waals surface area (Å²) >= 11 is 0. The van der Waals surface area contributed by atoms with Crippen LogP contribution in [0.25, 0.3) is 0 Å². The highest BCUT2D eigenvalue weighted by atomic mass is 16.7. The van der Waals surface area contributed by atoms with Crippen molar-refractivity contribution >= 4 is 23.2 Å². The number of phenols is 1. The number of methoxy groups -OCH3 is 1. The average molecular weight is 430 g/mol. The Labute approximate surface area is 185 Å². The lowest BCUT2D eigenvalue weighted by atomic mass is 9.90. The fourth-order valence-electron chi connectivity index (χ4n) is 4.38. The molecule has 2 fully saturated rings. The third kappa shape index (κ3) is 3.09. The fourth-order valence-corrected chi connectivity index (χ4v) is 4.38. The number of aryl methyl sites for hydroxylation is 1. The van der Waals surface area contributed by atoms with Gasteiger partial charge in [0.2, 0.25) is 5.91 Å². The minimum absolute atomic E-state index is 0.00640. The molecule has 0 radical (unpaired) electrons. The zero-order valence-electron chi connectivity index (χ0n) is 17.6. The summed E-state index contributed by atoms with van der Waals surface area (Å²) in [6.45, 7) is 1.95. The first-order chi connectivity index (χ1) is 15.5. The van der Waals surface area contributed by atoms with E-state index in [0.29, 0.717) is 11.3 Å². The number of para-hydroxylation sites is 1. The fraction of sp³-hybridized carbons (Fsp3) is 0.200. The molecule has 2 amide bonds. The maximum Gasteiger partial charge on any atom is 0.266 e. The Kier molecular flexibility index (Phi) is 4.83. The van der Waals surface area contributed by atoms with Gasteiger partial charge in [-0.25, -0.2) is 9.96 Å². The molecule has 32 heavy (non-hydrogen) atoms. The molecular formula is C25H22N2O5. The standard InChI is InChI=1S/C25H22N2O5/c1-15-8-11-17(12-9-15)26-24(29)21-22(16-10-13-19(28)20(14-16)31-2)27(32-23(21)25(26)30)18-6-4-3-5-7-18/h3-14,21-23,28H,1-2H3/t21-,22-,23-/m0/s1. The van der Waals surface area contributed by atoms with Gasteiger partial charge in [-0.3, -0.25) is 14.4 Å². The molecule has 2 aliphatic rings. The molecule has 0 aliphatic carbocycles. The third-order valence-electron chi connectivity index (χ3n) is 5.96. The first-order valence-electron chi connectivity index (χ1n) is 10.3. The van der Waals surface area contributed by atoms with Gasteiger partial charge in [0.25, 0.3) is 5.91 Å². The third-order valence-corrected chi connectivity index (χ3v) is 5.96. The van der Waals surface area contributed by atoms with Gasteiger partial charge in [0.15, 0.2) is 17.6 Å². The predicted octanol–water partition coefficient (Wildman–Crippen LogP) is 3.76. The molecule has 0 unspecified atom stereocenters. The van der Waals surface area contributed by atoms with E-state index >= 15 is 0 Å². The van der Waals surface area contributed by atoms with Crippen molar-refractivity contribution in [2.24, 2.45) is 5.92 Å². The number of aromatic hydroxyl groups is 1.